The molecule has 7 rings (SSSR count). The van der Waals surface area contributed by atoms with Crippen LogP contribution in [0.4, 0.5) is 34.5 Å². The molecule has 4 N–H and O–H groups in total. The summed E-state index contributed by atoms with van der Waals surface area (Å²) in [6.45, 7) is 0.659. The Morgan fingerprint density at radius 1 is 0.846 bits per heavy atom. The zero-order valence-corrected chi connectivity index (χ0v) is 29.7. The van der Waals surface area contributed by atoms with E-state index in [1.165, 1.54) is 17.4 Å². The van der Waals surface area contributed by atoms with Gasteiger partial charge in [-0.3, -0.25) is 9.59 Å². The summed E-state index contributed by atoms with van der Waals surface area (Å²) in [5, 5.41) is 15.1. The van der Waals surface area contributed by atoms with Gasteiger partial charge in [-0.25, -0.2) is 18.1 Å². The van der Waals surface area contributed by atoms with Crippen molar-refractivity contribution < 1.29 is 13.8 Å². The Hall–Kier alpha value is -6.22. The van der Waals surface area contributed by atoms with Crippen molar-refractivity contribution in [3.8, 4) is 0 Å². The van der Waals surface area contributed by atoms with Crippen LogP contribution in [0.1, 0.15) is 10.4 Å². The monoisotopic (exact) mass is 727 g/mol. The molecular weight excluding hydrogens is 695 g/mol. The smallest absolute Gasteiger partial charge is 0.255 e. The summed E-state index contributed by atoms with van der Waals surface area (Å²) in [7, 11) is 2.42. The highest BCUT2D eigenvalue weighted by Gasteiger charge is 2.14. The van der Waals surface area contributed by atoms with Crippen LogP contribution in [-0.2, 0) is 15.8 Å². The molecule has 14 heteroatoms. The number of rotatable bonds is 12. The third-order valence-electron chi connectivity index (χ3n) is 7.71. The number of nitrogens with one attached hydrogen (secondary N) is 4. The van der Waals surface area contributed by atoms with Crippen molar-refractivity contribution in [2.75, 3.05) is 41.9 Å². The van der Waals surface area contributed by atoms with Crippen molar-refractivity contribution in [3.63, 3.8) is 0 Å². The second-order valence-corrected chi connectivity index (χ2v) is 14.2. The van der Waals surface area contributed by atoms with Gasteiger partial charge in [0.05, 0.1) is 27.0 Å². The largest absolute Gasteiger partial charge is 0.338 e. The summed E-state index contributed by atoms with van der Waals surface area (Å²) in [4.78, 5) is 41.9. The number of hydrogen-bond donors (Lipinski definition) is 4. The third-order valence-corrected chi connectivity index (χ3v) is 9.95. The minimum atomic E-state index is -1.42. The van der Waals surface area contributed by atoms with Crippen LogP contribution >= 0.6 is 11.3 Å². The molecule has 0 aliphatic heterocycles. The predicted octanol–water partition coefficient (Wildman–Crippen LogP) is 7.41. The van der Waals surface area contributed by atoms with Gasteiger partial charge >= 0.3 is 0 Å². The summed E-state index contributed by atoms with van der Waals surface area (Å²) < 4.78 is 15.7. The first-order valence-electron chi connectivity index (χ1n) is 16.2. The van der Waals surface area contributed by atoms with Crippen molar-refractivity contribution >= 4 is 89.9 Å². The molecule has 0 saturated heterocycles. The quantitative estimate of drug-likeness (QED) is 0.0946. The van der Waals surface area contributed by atoms with E-state index in [4.69, 9.17) is 9.97 Å². The first-order valence-corrected chi connectivity index (χ1v) is 18.2. The molecule has 260 valence electrons. The molecule has 2 amide bonds. The lowest BCUT2D eigenvalue weighted by molar-refractivity contribution is -0.111. The maximum absolute atomic E-state index is 13.2. The van der Waals surface area contributed by atoms with Gasteiger partial charge < -0.3 is 26.2 Å². The Balaban J connectivity index is 1.03. The van der Waals surface area contributed by atoms with Crippen LogP contribution in [0.2, 0.25) is 0 Å². The zero-order valence-electron chi connectivity index (χ0n) is 28.1. The maximum Gasteiger partial charge on any atom is 0.255 e. The molecule has 0 fully saturated rings. The molecule has 12 nitrogen and oxygen atoms in total. The van der Waals surface area contributed by atoms with E-state index in [0.717, 1.165) is 15.6 Å². The number of amides is 2. The molecule has 7 aromatic rings. The molecule has 3 aromatic carbocycles. The highest BCUT2D eigenvalue weighted by molar-refractivity contribution is 7.83. The minimum absolute atomic E-state index is 0.239. The lowest BCUT2D eigenvalue weighted by Crippen LogP contribution is -2.13. The van der Waals surface area contributed by atoms with E-state index in [1.54, 1.807) is 58.8 Å². The second-order valence-electron chi connectivity index (χ2n) is 11.9. The molecule has 0 saturated carbocycles. The molecule has 4 aromatic heterocycles. The van der Waals surface area contributed by atoms with Crippen LogP contribution < -0.4 is 21.3 Å². The first-order chi connectivity index (χ1) is 25.3. The van der Waals surface area contributed by atoms with Crippen molar-refractivity contribution in [2.24, 2.45) is 0 Å². The van der Waals surface area contributed by atoms with Gasteiger partial charge in [0, 0.05) is 46.8 Å². The van der Waals surface area contributed by atoms with Gasteiger partial charge in [-0.1, -0.05) is 30.3 Å². The average Bonchev–Trinajstić information content (AvgIpc) is 3.79. The number of nitrogens with zero attached hydrogens (tertiary/aromatic N) is 5. The van der Waals surface area contributed by atoms with Gasteiger partial charge in [0.25, 0.3) is 5.91 Å². The highest BCUT2D eigenvalue weighted by atomic mass is 32.2. The summed E-state index contributed by atoms with van der Waals surface area (Å²) in [6, 6.07) is 29.0. The Bertz CT molecular complexity index is 2440. The summed E-state index contributed by atoms with van der Waals surface area (Å²) in [5.74, 6) is 0.432. The van der Waals surface area contributed by atoms with E-state index in [9.17, 15) is 13.8 Å². The molecule has 1 unspecified atom stereocenters. The molecule has 0 spiro atoms. The number of anilines is 6. The molecule has 1 atom stereocenters. The van der Waals surface area contributed by atoms with E-state index in [0.29, 0.717) is 57.2 Å². The van der Waals surface area contributed by atoms with E-state index in [1.807, 2.05) is 85.0 Å². The normalized spacial score (nSPS) is 12.0. The topological polar surface area (TPSA) is 146 Å². The van der Waals surface area contributed by atoms with E-state index < -0.39 is 11.0 Å². The zero-order chi connectivity index (χ0) is 36.0. The lowest BCUT2D eigenvalue weighted by atomic mass is 10.2. The number of carbonyl (C=O) groups is 2. The van der Waals surface area contributed by atoms with E-state index in [-0.39, 0.29) is 11.8 Å². The molecule has 0 radical (unpaired) electrons. The fourth-order valence-electron chi connectivity index (χ4n) is 5.26. The van der Waals surface area contributed by atoms with Crippen molar-refractivity contribution in [1.82, 2.24) is 23.8 Å². The van der Waals surface area contributed by atoms with E-state index in [2.05, 4.69) is 26.3 Å². The summed E-state index contributed by atoms with van der Waals surface area (Å²) in [6.07, 6.45) is 6.73. The Kier molecular flexibility index (Phi) is 10.1. The van der Waals surface area contributed by atoms with Gasteiger partial charge in [0.15, 0.2) is 22.5 Å². The van der Waals surface area contributed by atoms with Gasteiger partial charge in [-0.05, 0) is 92.3 Å². The Labute approximate surface area is 305 Å². The first kappa shape index (κ1) is 34.2. The predicted molar refractivity (Wildman–Crippen MR) is 209 cm³/mol. The van der Waals surface area contributed by atoms with Crippen LogP contribution in [0, 0.1) is 0 Å². The molecule has 52 heavy (non-hydrogen) atoms. The van der Waals surface area contributed by atoms with Crippen molar-refractivity contribution in [3.05, 3.63) is 133 Å². The maximum atomic E-state index is 13.2. The molecule has 0 bridgehead atoms. The van der Waals surface area contributed by atoms with Crippen LogP contribution in [0.15, 0.2) is 132 Å². The summed E-state index contributed by atoms with van der Waals surface area (Å²) >= 11 is 1.52. The number of hydrogen-bond acceptors (Lipinski definition) is 10. The second kappa shape index (κ2) is 15.3. The number of likely N-dealkylation sites (N-methyl/N-ethyl adjacent to an activating group) is 1. The van der Waals surface area contributed by atoms with Crippen LogP contribution in [-0.4, -0.2) is 60.5 Å². The average molecular weight is 728 g/mol. The van der Waals surface area contributed by atoms with Gasteiger partial charge in [0.1, 0.15) is 0 Å². The molecule has 4 heterocycles. The summed E-state index contributed by atoms with van der Waals surface area (Å²) in [5.41, 5.74) is 4.36. The fourth-order valence-corrected chi connectivity index (χ4v) is 7.13. The van der Waals surface area contributed by atoms with Gasteiger partial charge in [-0.15, -0.1) is 11.3 Å². The van der Waals surface area contributed by atoms with Crippen molar-refractivity contribution in [1.29, 1.82) is 0 Å². The fraction of sp³-hybridized carbons (Fsp3) is 0.0789. The molecular formula is C38H33N9O3S2. The third kappa shape index (κ3) is 8.05. The number of benzene rings is 3. The van der Waals surface area contributed by atoms with Crippen LogP contribution in [0.3, 0.4) is 0 Å². The minimum Gasteiger partial charge on any atom is -0.338 e. The standard InChI is InChI=1S/C38H33N9O3S2/c1-46(2)19-7-12-33(48)40-27-15-13-25(14-16-27)37(49)42-28-8-6-9-29(23-28)43-38-44-32-18-21-51-34(32)35(45-38)41-30-22-26-17-20-47(36(26)39-24-30)52(50)31-10-4-3-5-11-31/h3-18,20-24H,19H2,1-2H3,(H,40,48)(H,42,49)(H2,41,43,44,45)/b12-7+. The van der Waals surface area contributed by atoms with Crippen LogP contribution in [0.25, 0.3) is 21.3 Å². The SMILES string of the molecule is CN(C)C/C=C/C(=O)Nc1ccc(C(=O)Nc2cccc(Nc3nc(Nc4cnc5c(ccn5S(=O)c5ccccc5)c4)c4sccc4n3)c2)cc1. The van der Waals surface area contributed by atoms with Gasteiger partial charge in [-0.2, -0.15) is 4.98 Å². The van der Waals surface area contributed by atoms with Gasteiger partial charge in [0.2, 0.25) is 11.9 Å². The van der Waals surface area contributed by atoms with Crippen molar-refractivity contribution in [2.45, 2.75) is 4.90 Å². The van der Waals surface area contributed by atoms with E-state index >= 15 is 0 Å². The number of aromatic nitrogens is 4. The number of carbonyl (C=O) groups excluding carboxylic acids is 2. The highest BCUT2D eigenvalue weighted by Crippen LogP contribution is 2.32. The molecule has 0 aliphatic carbocycles. The number of pyridine rings is 1. The lowest BCUT2D eigenvalue weighted by Gasteiger charge is -2.12. The number of fused-ring (bicyclic) bond motifs is 2. The Morgan fingerprint density at radius 3 is 2.46 bits per heavy atom. The molecule has 0 aliphatic rings. The van der Waals surface area contributed by atoms with Crippen LogP contribution in [0.5, 0.6) is 0 Å². The Morgan fingerprint density at radius 2 is 1.65 bits per heavy atom. The number of thiophene rings is 1.